The van der Waals surface area contributed by atoms with E-state index in [-0.39, 0.29) is 11.8 Å². The topological polar surface area (TPSA) is 58.2 Å². The third-order valence-electron chi connectivity index (χ3n) is 4.43. The molecule has 2 N–H and O–H groups in total. The normalized spacial score (nSPS) is 16.3. The molecule has 0 bridgehead atoms. The van der Waals surface area contributed by atoms with E-state index >= 15 is 0 Å². The molecule has 2 amide bonds. The highest BCUT2D eigenvalue weighted by Gasteiger charge is 2.27. The first-order valence-corrected chi connectivity index (χ1v) is 9.10. The van der Waals surface area contributed by atoms with E-state index in [2.05, 4.69) is 17.6 Å². The number of benzene rings is 1. The number of fused-ring (bicyclic) bond motifs is 1. The molecule has 0 aliphatic heterocycles. The van der Waals surface area contributed by atoms with Crippen LogP contribution in [0.25, 0.3) is 0 Å². The lowest BCUT2D eigenvalue weighted by Crippen LogP contribution is -2.23. The number of amides is 2. The smallest absolute Gasteiger partial charge is 0.254 e. The van der Waals surface area contributed by atoms with E-state index in [1.54, 1.807) is 18.4 Å². The minimum Gasteiger partial charge on any atom is -0.355 e. The maximum absolute atomic E-state index is 12.4. The summed E-state index contributed by atoms with van der Waals surface area (Å²) in [5, 5.41) is 6.36. The number of nitrogens with one attached hydrogen (secondary N) is 2. The summed E-state index contributed by atoms with van der Waals surface area (Å²) in [6.07, 6.45) is 3.29. The Kier molecular flexibility index (Phi) is 5.00. The molecule has 1 aromatic carbocycles. The summed E-state index contributed by atoms with van der Waals surface area (Å²) >= 11 is 1.56. The van der Waals surface area contributed by atoms with Crippen LogP contribution >= 0.6 is 11.3 Å². The van der Waals surface area contributed by atoms with Gasteiger partial charge in [-0.25, -0.2) is 0 Å². The van der Waals surface area contributed by atoms with Gasteiger partial charge in [0.15, 0.2) is 0 Å². The first-order valence-electron chi connectivity index (χ1n) is 8.29. The number of anilines is 1. The highest BCUT2D eigenvalue weighted by molar-refractivity contribution is 7.17. The Morgan fingerprint density at radius 2 is 2.00 bits per heavy atom. The van der Waals surface area contributed by atoms with Crippen LogP contribution in [0, 0.1) is 5.92 Å². The summed E-state index contributed by atoms with van der Waals surface area (Å²) in [4.78, 5) is 26.0. The summed E-state index contributed by atoms with van der Waals surface area (Å²) < 4.78 is 0. The van der Waals surface area contributed by atoms with Crippen LogP contribution in [0.5, 0.6) is 0 Å². The molecule has 1 aromatic heterocycles. The number of hydrogen-bond donors (Lipinski definition) is 2. The number of thiophene rings is 1. The molecule has 4 nitrogen and oxygen atoms in total. The van der Waals surface area contributed by atoms with Crippen LogP contribution in [-0.2, 0) is 24.1 Å². The van der Waals surface area contributed by atoms with Gasteiger partial charge in [-0.2, -0.15) is 0 Å². The number of carbonyl (C=O) groups excluding carboxylic acids is 2. The van der Waals surface area contributed by atoms with Crippen LogP contribution in [0.3, 0.4) is 0 Å². The molecule has 1 heterocycles. The van der Waals surface area contributed by atoms with Crippen LogP contribution in [0.1, 0.15) is 39.7 Å². The van der Waals surface area contributed by atoms with E-state index in [1.807, 2.05) is 30.3 Å². The largest absolute Gasteiger partial charge is 0.355 e. The Labute approximate surface area is 146 Å². The molecular formula is C19H22N2O2S. The molecule has 0 fully saturated rings. The van der Waals surface area contributed by atoms with Gasteiger partial charge in [0.25, 0.3) is 5.91 Å². The van der Waals surface area contributed by atoms with Gasteiger partial charge in [0.05, 0.1) is 12.0 Å². The maximum Gasteiger partial charge on any atom is 0.254 e. The molecule has 2 aromatic rings. The Balaban J connectivity index is 1.84. The summed E-state index contributed by atoms with van der Waals surface area (Å²) in [7, 11) is 1.63. The second-order valence-corrected chi connectivity index (χ2v) is 7.45. The second-order valence-electron chi connectivity index (χ2n) is 6.35. The van der Waals surface area contributed by atoms with Crippen molar-refractivity contribution < 1.29 is 9.59 Å². The molecule has 0 unspecified atom stereocenters. The van der Waals surface area contributed by atoms with Crippen LogP contribution in [0.4, 0.5) is 5.00 Å². The van der Waals surface area contributed by atoms with Crippen molar-refractivity contribution in [2.75, 3.05) is 12.4 Å². The van der Waals surface area contributed by atoms with Gasteiger partial charge in [-0.05, 0) is 36.3 Å². The van der Waals surface area contributed by atoms with Gasteiger partial charge in [0, 0.05) is 11.9 Å². The fourth-order valence-corrected chi connectivity index (χ4v) is 4.58. The fourth-order valence-electron chi connectivity index (χ4n) is 3.16. The highest BCUT2D eigenvalue weighted by atomic mass is 32.1. The molecule has 0 saturated heterocycles. The lowest BCUT2D eigenvalue weighted by molar-refractivity contribution is -0.115. The van der Waals surface area contributed by atoms with Crippen LogP contribution in [0.2, 0.25) is 0 Å². The third kappa shape index (κ3) is 3.51. The number of rotatable bonds is 4. The lowest BCUT2D eigenvalue weighted by Gasteiger charge is -2.18. The van der Waals surface area contributed by atoms with Gasteiger partial charge >= 0.3 is 0 Å². The maximum atomic E-state index is 12.4. The average Bonchev–Trinajstić information content (AvgIpc) is 2.91. The van der Waals surface area contributed by atoms with Crippen LogP contribution in [0.15, 0.2) is 30.3 Å². The van der Waals surface area contributed by atoms with E-state index in [0.29, 0.717) is 22.9 Å². The van der Waals surface area contributed by atoms with Gasteiger partial charge in [-0.15, -0.1) is 11.3 Å². The molecule has 24 heavy (non-hydrogen) atoms. The first kappa shape index (κ1) is 16.7. The first-order chi connectivity index (χ1) is 11.6. The summed E-state index contributed by atoms with van der Waals surface area (Å²) in [6.45, 7) is 2.23. The third-order valence-corrected chi connectivity index (χ3v) is 5.60. The SMILES string of the molecule is CNC(=O)c1c(NC(=O)Cc2ccccc2)sc2c1CC[C@H](C)C2. The van der Waals surface area contributed by atoms with Gasteiger partial charge < -0.3 is 10.6 Å². The van der Waals surface area contributed by atoms with Crippen molar-refractivity contribution >= 4 is 28.2 Å². The monoisotopic (exact) mass is 342 g/mol. The van der Waals surface area contributed by atoms with Crippen molar-refractivity contribution in [3.63, 3.8) is 0 Å². The molecule has 1 aliphatic rings. The van der Waals surface area contributed by atoms with E-state index in [4.69, 9.17) is 0 Å². The molecule has 126 valence electrons. The molecular weight excluding hydrogens is 320 g/mol. The predicted octanol–water partition coefficient (Wildman–Crippen LogP) is 3.41. The molecule has 0 saturated carbocycles. The van der Waals surface area contributed by atoms with Crippen molar-refractivity contribution in [3.05, 3.63) is 51.9 Å². The van der Waals surface area contributed by atoms with Crippen molar-refractivity contribution in [2.24, 2.45) is 5.92 Å². The van der Waals surface area contributed by atoms with E-state index < -0.39 is 0 Å². The summed E-state index contributed by atoms with van der Waals surface area (Å²) in [5.41, 5.74) is 2.74. The molecule has 1 aliphatic carbocycles. The predicted molar refractivity (Wildman–Crippen MR) is 97.7 cm³/mol. The minimum atomic E-state index is -0.114. The zero-order valence-corrected chi connectivity index (χ0v) is 14.8. The highest BCUT2D eigenvalue weighted by Crippen LogP contribution is 2.39. The Hall–Kier alpha value is -2.14. The fraction of sp³-hybridized carbons (Fsp3) is 0.368. The van der Waals surface area contributed by atoms with Crippen LogP contribution < -0.4 is 10.6 Å². The van der Waals surface area contributed by atoms with E-state index in [9.17, 15) is 9.59 Å². The summed E-state index contributed by atoms with van der Waals surface area (Å²) in [6, 6.07) is 9.63. The van der Waals surface area contributed by atoms with Crippen molar-refractivity contribution in [1.29, 1.82) is 0 Å². The van der Waals surface area contributed by atoms with Crippen molar-refractivity contribution in [2.45, 2.75) is 32.6 Å². The Morgan fingerprint density at radius 3 is 2.71 bits per heavy atom. The molecule has 0 spiro atoms. The minimum absolute atomic E-state index is 0.0852. The number of carbonyl (C=O) groups is 2. The Morgan fingerprint density at radius 1 is 1.25 bits per heavy atom. The van der Waals surface area contributed by atoms with Gasteiger partial charge in [0.2, 0.25) is 5.91 Å². The standard InChI is InChI=1S/C19H22N2O2S/c1-12-8-9-14-15(10-12)24-19(17(14)18(23)20-2)21-16(22)11-13-6-4-3-5-7-13/h3-7,12H,8-11H2,1-2H3,(H,20,23)(H,21,22)/t12-/m0/s1. The van der Waals surface area contributed by atoms with Crippen molar-refractivity contribution in [3.8, 4) is 0 Å². The quantitative estimate of drug-likeness (QED) is 0.894. The Bertz CT molecular complexity index is 752. The van der Waals surface area contributed by atoms with E-state index in [0.717, 1.165) is 30.4 Å². The van der Waals surface area contributed by atoms with Crippen molar-refractivity contribution in [1.82, 2.24) is 5.32 Å². The van der Waals surface area contributed by atoms with E-state index in [1.165, 1.54) is 4.88 Å². The molecule has 0 radical (unpaired) electrons. The summed E-state index contributed by atoms with van der Waals surface area (Å²) in [5.74, 6) is 0.427. The lowest BCUT2D eigenvalue weighted by atomic mass is 9.88. The second kappa shape index (κ2) is 7.18. The van der Waals surface area contributed by atoms with Crippen LogP contribution in [-0.4, -0.2) is 18.9 Å². The molecule has 1 atom stereocenters. The van der Waals surface area contributed by atoms with Gasteiger partial charge in [0.1, 0.15) is 5.00 Å². The van der Waals surface area contributed by atoms with Gasteiger partial charge in [-0.3, -0.25) is 9.59 Å². The molecule has 5 heteroatoms. The zero-order valence-electron chi connectivity index (χ0n) is 14.0. The van der Waals surface area contributed by atoms with Gasteiger partial charge in [-0.1, -0.05) is 37.3 Å². The molecule has 3 rings (SSSR count). The zero-order chi connectivity index (χ0) is 17.1. The number of hydrogen-bond acceptors (Lipinski definition) is 3. The average molecular weight is 342 g/mol.